The van der Waals surface area contributed by atoms with Crippen LogP contribution in [0.4, 0.5) is 10.1 Å². The molecule has 0 saturated heterocycles. The van der Waals surface area contributed by atoms with Gasteiger partial charge in [0.25, 0.3) is 0 Å². The summed E-state index contributed by atoms with van der Waals surface area (Å²) in [5.74, 6) is -0.663. The Morgan fingerprint density at radius 3 is 2.81 bits per heavy atom. The standard InChI is InChI=1S/C16H14BrFN2O/c17-12-5-6-13(18)14(8-12)20-16(21)15-7-10-3-1-2-4-11(10)9-19-15/h1-6,8,15,19H,7,9H2,(H,20,21)/t15-/m0/s1. The first-order valence-electron chi connectivity index (χ1n) is 6.69. The molecule has 0 radical (unpaired) electrons. The predicted octanol–water partition coefficient (Wildman–Crippen LogP) is 3.24. The van der Waals surface area contributed by atoms with E-state index in [0.717, 1.165) is 10.0 Å². The molecule has 0 unspecified atom stereocenters. The second-order valence-corrected chi connectivity index (χ2v) is 5.94. The fraction of sp³-hybridized carbons (Fsp3) is 0.188. The number of amides is 1. The lowest BCUT2D eigenvalue weighted by atomic mass is 9.95. The summed E-state index contributed by atoms with van der Waals surface area (Å²) in [6.45, 7) is 0.648. The van der Waals surface area contributed by atoms with Gasteiger partial charge >= 0.3 is 0 Å². The van der Waals surface area contributed by atoms with Crippen LogP contribution in [0.1, 0.15) is 11.1 Å². The van der Waals surface area contributed by atoms with Crippen LogP contribution in [0.3, 0.4) is 0 Å². The van der Waals surface area contributed by atoms with Gasteiger partial charge in [-0.25, -0.2) is 4.39 Å². The number of carbonyl (C=O) groups excluding carboxylic acids is 1. The molecule has 21 heavy (non-hydrogen) atoms. The Hall–Kier alpha value is -1.72. The van der Waals surface area contributed by atoms with Gasteiger partial charge in [0, 0.05) is 11.0 Å². The summed E-state index contributed by atoms with van der Waals surface area (Å²) in [6, 6.07) is 12.2. The van der Waals surface area contributed by atoms with E-state index < -0.39 is 5.82 Å². The summed E-state index contributed by atoms with van der Waals surface area (Å²) in [6.07, 6.45) is 0.609. The molecule has 2 N–H and O–H groups in total. The van der Waals surface area contributed by atoms with Gasteiger partial charge in [-0.05, 0) is 35.7 Å². The second kappa shape index (κ2) is 5.95. The zero-order valence-electron chi connectivity index (χ0n) is 11.2. The third-order valence-corrected chi connectivity index (χ3v) is 4.08. The molecule has 0 saturated carbocycles. The number of halogens is 2. The lowest BCUT2D eigenvalue weighted by Crippen LogP contribution is -2.44. The molecule has 108 valence electrons. The van der Waals surface area contributed by atoms with E-state index in [9.17, 15) is 9.18 Å². The smallest absolute Gasteiger partial charge is 0.241 e. The number of fused-ring (bicyclic) bond motifs is 1. The first kappa shape index (κ1) is 14.2. The Morgan fingerprint density at radius 1 is 1.24 bits per heavy atom. The fourth-order valence-electron chi connectivity index (χ4n) is 2.45. The predicted molar refractivity (Wildman–Crippen MR) is 83.5 cm³/mol. The zero-order valence-corrected chi connectivity index (χ0v) is 12.8. The van der Waals surface area contributed by atoms with Crippen LogP contribution in [-0.4, -0.2) is 11.9 Å². The molecule has 0 bridgehead atoms. The van der Waals surface area contributed by atoms with Crippen LogP contribution >= 0.6 is 15.9 Å². The molecular formula is C16H14BrFN2O. The normalized spacial score (nSPS) is 17.1. The first-order chi connectivity index (χ1) is 10.1. The Labute approximate surface area is 130 Å². The average Bonchev–Trinajstić information content (AvgIpc) is 2.50. The third kappa shape index (κ3) is 3.14. The Morgan fingerprint density at radius 2 is 2.00 bits per heavy atom. The van der Waals surface area contributed by atoms with Gasteiger partial charge in [-0.15, -0.1) is 0 Å². The van der Waals surface area contributed by atoms with Gasteiger partial charge in [-0.1, -0.05) is 40.2 Å². The molecule has 3 nitrogen and oxygen atoms in total. The molecular weight excluding hydrogens is 335 g/mol. The van der Waals surface area contributed by atoms with Crippen molar-refractivity contribution in [1.29, 1.82) is 0 Å². The van der Waals surface area contributed by atoms with Crippen molar-refractivity contribution in [1.82, 2.24) is 5.32 Å². The van der Waals surface area contributed by atoms with Crippen molar-refractivity contribution in [2.75, 3.05) is 5.32 Å². The SMILES string of the molecule is O=C(Nc1cc(Br)ccc1F)[C@@H]1Cc2ccccc2CN1. The molecule has 0 spiro atoms. The van der Waals surface area contributed by atoms with Gasteiger partial charge in [0.2, 0.25) is 5.91 Å². The summed E-state index contributed by atoms with van der Waals surface area (Å²) >= 11 is 3.27. The third-order valence-electron chi connectivity index (χ3n) is 3.58. The topological polar surface area (TPSA) is 41.1 Å². The quantitative estimate of drug-likeness (QED) is 0.874. The van der Waals surface area contributed by atoms with Gasteiger partial charge < -0.3 is 10.6 Å². The maximum absolute atomic E-state index is 13.7. The molecule has 1 atom stereocenters. The van der Waals surface area contributed by atoms with Crippen LogP contribution in [0, 0.1) is 5.82 Å². The molecule has 1 heterocycles. The second-order valence-electron chi connectivity index (χ2n) is 5.02. The molecule has 3 rings (SSSR count). The van der Waals surface area contributed by atoms with E-state index in [1.165, 1.54) is 11.6 Å². The van der Waals surface area contributed by atoms with Gasteiger partial charge in [-0.2, -0.15) is 0 Å². The van der Waals surface area contributed by atoms with Gasteiger partial charge in [0.1, 0.15) is 5.82 Å². The van der Waals surface area contributed by atoms with Crippen molar-refractivity contribution in [2.45, 2.75) is 19.0 Å². The van der Waals surface area contributed by atoms with E-state index in [2.05, 4.69) is 26.6 Å². The van der Waals surface area contributed by atoms with Crippen LogP contribution < -0.4 is 10.6 Å². The van der Waals surface area contributed by atoms with E-state index in [1.54, 1.807) is 12.1 Å². The molecule has 0 aromatic heterocycles. The highest BCUT2D eigenvalue weighted by Crippen LogP contribution is 2.21. The van der Waals surface area contributed by atoms with Crippen molar-refractivity contribution in [3.8, 4) is 0 Å². The largest absolute Gasteiger partial charge is 0.322 e. The van der Waals surface area contributed by atoms with Crippen molar-refractivity contribution in [2.24, 2.45) is 0 Å². The highest BCUT2D eigenvalue weighted by atomic mass is 79.9. The lowest BCUT2D eigenvalue weighted by Gasteiger charge is -2.25. The van der Waals surface area contributed by atoms with E-state index in [-0.39, 0.29) is 17.6 Å². The number of hydrogen-bond acceptors (Lipinski definition) is 2. The monoisotopic (exact) mass is 348 g/mol. The van der Waals surface area contributed by atoms with Gasteiger partial charge in [0.05, 0.1) is 11.7 Å². The van der Waals surface area contributed by atoms with Crippen molar-refractivity contribution >= 4 is 27.5 Å². The zero-order chi connectivity index (χ0) is 14.8. The summed E-state index contributed by atoms with van der Waals surface area (Å²) in [7, 11) is 0. The minimum Gasteiger partial charge on any atom is -0.322 e. The molecule has 0 fully saturated rings. The van der Waals surface area contributed by atoms with Crippen LogP contribution in [0.5, 0.6) is 0 Å². The molecule has 2 aromatic carbocycles. The lowest BCUT2D eigenvalue weighted by molar-refractivity contribution is -0.118. The maximum atomic E-state index is 13.7. The van der Waals surface area contributed by atoms with Crippen molar-refractivity contribution in [3.05, 3.63) is 63.9 Å². The maximum Gasteiger partial charge on any atom is 0.241 e. The number of hydrogen-bond donors (Lipinski definition) is 2. The minimum absolute atomic E-state index is 0.190. The molecule has 1 aliphatic heterocycles. The van der Waals surface area contributed by atoms with Crippen LogP contribution in [-0.2, 0) is 17.8 Å². The number of nitrogens with one attached hydrogen (secondary N) is 2. The van der Waals surface area contributed by atoms with Crippen LogP contribution in [0.15, 0.2) is 46.9 Å². The van der Waals surface area contributed by atoms with Crippen LogP contribution in [0.2, 0.25) is 0 Å². The Bertz CT molecular complexity index is 690. The van der Waals surface area contributed by atoms with Gasteiger partial charge in [-0.3, -0.25) is 4.79 Å². The summed E-state index contributed by atoms with van der Waals surface area (Å²) < 4.78 is 14.4. The van der Waals surface area contributed by atoms with Gasteiger partial charge in [0.15, 0.2) is 0 Å². The fourth-order valence-corrected chi connectivity index (χ4v) is 2.81. The molecule has 1 amide bonds. The molecule has 5 heteroatoms. The molecule has 0 aliphatic carbocycles. The highest BCUT2D eigenvalue weighted by molar-refractivity contribution is 9.10. The van der Waals surface area contributed by atoms with Crippen molar-refractivity contribution in [3.63, 3.8) is 0 Å². The molecule has 2 aromatic rings. The number of anilines is 1. The highest BCUT2D eigenvalue weighted by Gasteiger charge is 2.24. The summed E-state index contributed by atoms with van der Waals surface area (Å²) in [5.41, 5.74) is 2.55. The minimum atomic E-state index is -0.442. The number of rotatable bonds is 2. The summed E-state index contributed by atoms with van der Waals surface area (Å²) in [4.78, 5) is 12.3. The number of benzene rings is 2. The number of carbonyl (C=O) groups is 1. The van der Waals surface area contributed by atoms with E-state index in [0.29, 0.717) is 13.0 Å². The first-order valence-corrected chi connectivity index (χ1v) is 7.49. The van der Waals surface area contributed by atoms with E-state index >= 15 is 0 Å². The Kier molecular flexibility index (Phi) is 4.03. The van der Waals surface area contributed by atoms with Crippen LogP contribution in [0.25, 0.3) is 0 Å². The van der Waals surface area contributed by atoms with E-state index in [1.807, 2.05) is 24.3 Å². The Balaban J connectivity index is 1.74. The van der Waals surface area contributed by atoms with E-state index in [4.69, 9.17) is 0 Å². The summed E-state index contributed by atoms with van der Waals surface area (Å²) in [5, 5.41) is 5.83. The molecule has 1 aliphatic rings. The average molecular weight is 349 g/mol. The van der Waals surface area contributed by atoms with Crippen molar-refractivity contribution < 1.29 is 9.18 Å².